The molecule has 0 rings (SSSR count). The molecule has 0 spiro atoms. The molecule has 0 aromatic carbocycles. The molecule has 0 saturated heterocycles. The maximum atomic E-state index is 3.92. The Morgan fingerprint density at radius 2 is 1.18 bits per heavy atom. The van der Waals surface area contributed by atoms with Crippen molar-refractivity contribution < 1.29 is 0 Å². The molecule has 0 atom stereocenters. The predicted molar refractivity (Wildman–Crippen MR) is 84.4 cm³/mol. The Morgan fingerprint density at radius 1 is 0.765 bits per heavy atom. The Labute approximate surface area is 113 Å². The third-order valence-electron chi connectivity index (χ3n) is 3.88. The minimum atomic E-state index is -1.83. The molecule has 0 aliphatic heterocycles. The van der Waals surface area contributed by atoms with E-state index in [9.17, 15) is 0 Å². The molecule has 0 fully saturated rings. The second-order valence-corrected chi connectivity index (χ2v) is 19.6. The van der Waals surface area contributed by atoms with Crippen LogP contribution in [-0.2, 0) is 0 Å². The molecule has 0 aromatic heterocycles. The number of hydrogen-bond donors (Lipinski definition) is 0. The second kappa shape index (κ2) is 11.4. The second-order valence-electron chi connectivity index (χ2n) is 5.36. The van der Waals surface area contributed by atoms with Gasteiger partial charge in [-0.1, -0.05) is 0 Å². The molecule has 17 heavy (non-hydrogen) atoms. The van der Waals surface area contributed by atoms with E-state index in [4.69, 9.17) is 0 Å². The van der Waals surface area contributed by atoms with Crippen LogP contribution in [0.25, 0.3) is 0 Å². The van der Waals surface area contributed by atoms with E-state index < -0.39 is 18.4 Å². The van der Waals surface area contributed by atoms with Crippen molar-refractivity contribution >= 4 is 18.4 Å². The van der Waals surface area contributed by atoms with Gasteiger partial charge in [-0.25, -0.2) is 0 Å². The van der Waals surface area contributed by atoms with Crippen LogP contribution in [0.2, 0.25) is 17.7 Å². The molecule has 0 radical (unpaired) electrons. The topological polar surface area (TPSA) is 0 Å². The summed E-state index contributed by atoms with van der Waals surface area (Å²) in [5, 5.41) is 0. The minimum absolute atomic E-state index is 1.26. The monoisotopic (exact) mass is 344 g/mol. The molecule has 0 nitrogen and oxygen atoms in total. The molecule has 0 aliphatic carbocycles. The summed E-state index contributed by atoms with van der Waals surface area (Å²) in [6.07, 6.45) is 12.5. The van der Waals surface area contributed by atoms with Crippen molar-refractivity contribution in [3.8, 4) is 0 Å². The van der Waals surface area contributed by atoms with Crippen molar-refractivity contribution in [3.63, 3.8) is 0 Å². The first-order valence-electron chi connectivity index (χ1n) is 7.46. The standard InChI is InChI=1S/2C4H9.2C4H7.Sn/c4*1-3-4-2;/h2*1,3-4H2,2H3;2*3H,1-2,4H2;. The Bertz CT molecular complexity index is 174. The average Bonchev–Trinajstić information content (AvgIpc) is 2.37. The molecular formula is C16H32Sn. The molecule has 0 aliphatic rings. The summed E-state index contributed by atoms with van der Waals surface area (Å²) < 4.78 is 6.28. The van der Waals surface area contributed by atoms with Crippen LogP contribution in [0.4, 0.5) is 0 Å². The third kappa shape index (κ3) is 8.07. The van der Waals surface area contributed by atoms with E-state index >= 15 is 0 Å². The molecule has 100 valence electrons. The summed E-state index contributed by atoms with van der Waals surface area (Å²) in [6.45, 7) is 12.5. The zero-order valence-electron chi connectivity index (χ0n) is 12.1. The summed E-state index contributed by atoms with van der Waals surface area (Å²) >= 11 is -1.83. The molecular weight excluding hydrogens is 311 g/mol. The summed E-state index contributed by atoms with van der Waals surface area (Å²) in [5.74, 6) is 0. The van der Waals surface area contributed by atoms with Gasteiger partial charge in [0.25, 0.3) is 0 Å². The van der Waals surface area contributed by atoms with E-state index in [-0.39, 0.29) is 0 Å². The normalized spacial score (nSPS) is 11.4. The average molecular weight is 343 g/mol. The van der Waals surface area contributed by atoms with Gasteiger partial charge in [0.05, 0.1) is 0 Å². The first-order chi connectivity index (χ1) is 8.24. The van der Waals surface area contributed by atoms with Crippen molar-refractivity contribution in [2.75, 3.05) is 0 Å². The van der Waals surface area contributed by atoms with Gasteiger partial charge in [0.2, 0.25) is 0 Å². The summed E-state index contributed by atoms with van der Waals surface area (Å²) in [6, 6.07) is 0. The fourth-order valence-corrected chi connectivity index (χ4v) is 17.9. The van der Waals surface area contributed by atoms with Crippen LogP contribution < -0.4 is 0 Å². The van der Waals surface area contributed by atoms with Gasteiger partial charge in [0, 0.05) is 0 Å². The van der Waals surface area contributed by atoms with Gasteiger partial charge in [-0.15, -0.1) is 0 Å². The molecule has 0 bridgehead atoms. The fraction of sp³-hybridized carbons (Fsp3) is 0.750. The van der Waals surface area contributed by atoms with Crippen molar-refractivity contribution in [2.24, 2.45) is 0 Å². The van der Waals surface area contributed by atoms with Crippen LogP contribution in [0.3, 0.4) is 0 Å². The number of rotatable bonds is 12. The van der Waals surface area contributed by atoms with Crippen LogP contribution in [0.1, 0.15) is 52.4 Å². The van der Waals surface area contributed by atoms with Crippen LogP contribution in [0.15, 0.2) is 25.3 Å². The van der Waals surface area contributed by atoms with Gasteiger partial charge < -0.3 is 0 Å². The zero-order chi connectivity index (χ0) is 13.0. The Morgan fingerprint density at radius 3 is 1.47 bits per heavy atom. The SMILES string of the molecule is C=CC[CH2][Sn]([CH2]CC=C)([CH2]CCC)[CH2]CCC. The number of allylic oxidation sites excluding steroid dienone is 2. The first-order valence-corrected chi connectivity index (χ1v) is 15.5. The summed E-state index contributed by atoms with van der Waals surface area (Å²) in [4.78, 5) is 0. The van der Waals surface area contributed by atoms with Crippen LogP contribution in [-0.4, -0.2) is 18.4 Å². The van der Waals surface area contributed by atoms with Gasteiger partial charge in [-0.2, -0.15) is 0 Å². The molecule has 0 unspecified atom stereocenters. The number of unbranched alkanes of at least 4 members (excludes halogenated alkanes) is 2. The molecule has 0 aromatic rings. The maximum absolute atomic E-state index is 3.92. The molecule has 0 saturated carbocycles. The van der Waals surface area contributed by atoms with Crippen molar-refractivity contribution in [2.45, 2.75) is 70.1 Å². The van der Waals surface area contributed by atoms with Crippen LogP contribution in [0, 0.1) is 0 Å². The Balaban J connectivity index is 4.49. The van der Waals surface area contributed by atoms with Gasteiger partial charge in [-0.05, 0) is 0 Å². The fourth-order valence-electron chi connectivity index (χ4n) is 2.67. The van der Waals surface area contributed by atoms with E-state index in [1.54, 1.807) is 8.87 Å². The van der Waals surface area contributed by atoms with Gasteiger partial charge >= 0.3 is 114 Å². The molecule has 0 heterocycles. The van der Waals surface area contributed by atoms with Crippen molar-refractivity contribution in [1.82, 2.24) is 0 Å². The Hall–Kier alpha value is 0.279. The van der Waals surface area contributed by atoms with Gasteiger partial charge in [-0.3, -0.25) is 0 Å². The number of hydrogen-bond acceptors (Lipinski definition) is 0. The summed E-state index contributed by atoms with van der Waals surface area (Å²) in [5.41, 5.74) is 0. The van der Waals surface area contributed by atoms with Crippen molar-refractivity contribution in [3.05, 3.63) is 25.3 Å². The Kier molecular flexibility index (Phi) is 11.6. The van der Waals surface area contributed by atoms with E-state index in [0.29, 0.717) is 0 Å². The predicted octanol–water partition coefficient (Wildman–Crippen LogP) is 6.19. The zero-order valence-corrected chi connectivity index (χ0v) is 15.0. The first kappa shape index (κ1) is 17.3. The van der Waals surface area contributed by atoms with Crippen LogP contribution >= 0.6 is 0 Å². The van der Waals surface area contributed by atoms with E-state index in [1.165, 1.54) is 47.4 Å². The van der Waals surface area contributed by atoms with Gasteiger partial charge in [0.15, 0.2) is 0 Å². The van der Waals surface area contributed by atoms with E-state index in [1.807, 2.05) is 0 Å². The quantitative estimate of drug-likeness (QED) is 0.293. The van der Waals surface area contributed by atoms with E-state index in [0.717, 1.165) is 0 Å². The van der Waals surface area contributed by atoms with Crippen molar-refractivity contribution in [1.29, 1.82) is 0 Å². The molecule has 0 amide bonds. The molecule has 1 heteroatoms. The summed E-state index contributed by atoms with van der Waals surface area (Å²) in [7, 11) is 0. The van der Waals surface area contributed by atoms with Gasteiger partial charge in [0.1, 0.15) is 0 Å². The van der Waals surface area contributed by atoms with E-state index in [2.05, 4.69) is 39.2 Å². The molecule has 0 N–H and O–H groups in total. The van der Waals surface area contributed by atoms with Crippen LogP contribution in [0.5, 0.6) is 0 Å². The third-order valence-corrected chi connectivity index (χ3v) is 19.7.